The molecule has 1 aliphatic rings. The molecule has 1 aromatic heterocycles. The van der Waals surface area contributed by atoms with E-state index in [0.717, 1.165) is 12.8 Å². The van der Waals surface area contributed by atoms with Crippen LogP contribution in [0.5, 0.6) is 0 Å². The van der Waals surface area contributed by atoms with Crippen molar-refractivity contribution in [1.29, 1.82) is 5.26 Å². The van der Waals surface area contributed by atoms with Gasteiger partial charge < -0.3 is 10.6 Å². The van der Waals surface area contributed by atoms with Gasteiger partial charge in [0.15, 0.2) is 0 Å². The Labute approximate surface area is 110 Å². The van der Waals surface area contributed by atoms with E-state index < -0.39 is 0 Å². The highest BCUT2D eigenvalue weighted by Gasteiger charge is 2.31. The molecule has 1 aromatic rings. The summed E-state index contributed by atoms with van der Waals surface area (Å²) in [5.41, 5.74) is 5.68. The van der Waals surface area contributed by atoms with Crippen LogP contribution in [0.4, 0.5) is 11.6 Å². The van der Waals surface area contributed by atoms with E-state index in [-0.39, 0.29) is 5.82 Å². The van der Waals surface area contributed by atoms with Gasteiger partial charge in [-0.2, -0.15) is 5.26 Å². The zero-order chi connectivity index (χ0) is 12.4. The quantitative estimate of drug-likeness (QED) is 0.914. The van der Waals surface area contributed by atoms with Gasteiger partial charge in [0.1, 0.15) is 11.6 Å². The molecule has 0 spiro atoms. The highest BCUT2D eigenvalue weighted by atomic mass is 35.5. The van der Waals surface area contributed by atoms with Crippen molar-refractivity contribution in [3.8, 4) is 6.07 Å². The molecule has 90 valence electrons. The molecule has 0 radical (unpaired) electrons. The standard InChI is InChI=1S/C11H12Cl2N4/c12-8-6-9(13)11(16-10(8)15)17(5-1-4-14)7-2-3-7/h6-7H,1-3,5H2,(H2,15,16). The first-order valence-electron chi connectivity index (χ1n) is 5.38. The maximum absolute atomic E-state index is 8.66. The Morgan fingerprint density at radius 2 is 2.18 bits per heavy atom. The Hall–Kier alpha value is -1.18. The number of pyridine rings is 1. The zero-order valence-electron chi connectivity index (χ0n) is 9.16. The second kappa shape index (κ2) is 4.99. The minimum Gasteiger partial charge on any atom is -0.382 e. The summed E-state index contributed by atoms with van der Waals surface area (Å²) in [5.74, 6) is 0.903. The molecule has 4 nitrogen and oxygen atoms in total. The van der Waals surface area contributed by atoms with Crippen molar-refractivity contribution in [3.63, 3.8) is 0 Å². The number of halogens is 2. The molecule has 2 N–H and O–H groups in total. The number of hydrogen-bond donors (Lipinski definition) is 1. The fourth-order valence-corrected chi connectivity index (χ4v) is 2.16. The third kappa shape index (κ3) is 2.74. The van der Waals surface area contributed by atoms with Crippen LogP contribution in [0.1, 0.15) is 19.3 Å². The fraction of sp³-hybridized carbons (Fsp3) is 0.455. The first kappa shape index (κ1) is 12.3. The van der Waals surface area contributed by atoms with Crippen LogP contribution in [0.25, 0.3) is 0 Å². The Kier molecular flexibility index (Phi) is 3.60. The summed E-state index contributed by atoms with van der Waals surface area (Å²) in [5, 5.41) is 9.49. The van der Waals surface area contributed by atoms with Gasteiger partial charge in [-0.1, -0.05) is 23.2 Å². The summed E-state index contributed by atoms with van der Waals surface area (Å²) >= 11 is 12.0. The molecular formula is C11H12Cl2N4. The van der Waals surface area contributed by atoms with E-state index in [1.54, 1.807) is 6.07 Å². The van der Waals surface area contributed by atoms with Crippen LogP contribution >= 0.6 is 23.2 Å². The molecule has 0 unspecified atom stereocenters. The third-order valence-corrected chi connectivity index (χ3v) is 3.24. The van der Waals surface area contributed by atoms with Crippen LogP contribution in [-0.4, -0.2) is 17.6 Å². The number of aromatic nitrogens is 1. The average molecular weight is 271 g/mol. The molecule has 1 heterocycles. The molecule has 2 rings (SSSR count). The minimum atomic E-state index is 0.272. The summed E-state index contributed by atoms with van der Waals surface area (Å²) in [6, 6.07) is 4.15. The van der Waals surface area contributed by atoms with Crippen molar-refractivity contribution in [2.45, 2.75) is 25.3 Å². The predicted octanol–water partition coefficient (Wildman–Crippen LogP) is 2.85. The number of nitrogen functional groups attached to an aromatic ring is 1. The number of nitrogens with zero attached hydrogens (tertiary/aromatic N) is 3. The topological polar surface area (TPSA) is 65.9 Å². The molecule has 0 saturated heterocycles. The van der Waals surface area contributed by atoms with Crippen molar-refractivity contribution in [2.24, 2.45) is 0 Å². The summed E-state index contributed by atoms with van der Waals surface area (Å²) in [6.07, 6.45) is 2.65. The van der Waals surface area contributed by atoms with E-state index in [2.05, 4.69) is 11.1 Å². The molecule has 0 atom stereocenters. The van der Waals surface area contributed by atoms with E-state index in [1.165, 1.54) is 0 Å². The van der Waals surface area contributed by atoms with Crippen molar-refractivity contribution in [3.05, 3.63) is 16.1 Å². The van der Waals surface area contributed by atoms with Crippen molar-refractivity contribution in [1.82, 2.24) is 4.98 Å². The Morgan fingerprint density at radius 1 is 1.47 bits per heavy atom. The number of hydrogen-bond acceptors (Lipinski definition) is 4. The maximum Gasteiger partial charge on any atom is 0.150 e. The van der Waals surface area contributed by atoms with Crippen LogP contribution in [0.15, 0.2) is 6.07 Å². The molecule has 1 fully saturated rings. The van der Waals surface area contributed by atoms with Crippen LogP contribution in [0.3, 0.4) is 0 Å². The van der Waals surface area contributed by atoms with Gasteiger partial charge in [0, 0.05) is 12.6 Å². The van der Waals surface area contributed by atoms with Crippen LogP contribution in [0.2, 0.25) is 10.0 Å². The fourth-order valence-electron chi connectivity index (χ4n) is 1.69. The van der Waals surface area contributed by atoms with Gasteiger partial charge in [-0.05, 0) is 18.9 Å². The van der Waals surface area contributed by atoms with E-state index in [9.17, 15) is 0 Å². The second-order valence-corrected chi connectivity index (χ2v) is 4.81. The lowest BCUT2D eigenvalue weighted by atomic mass is 10.3. The molecule has 1 aliphatic carbocycles. The number of nitrogens with two attached hydrogens (primary N) is 1. The highest BCUT2D eigenvalue weighted by molar-refractivity contribution is 6.37. The molecular weight excluding hydrogens is 259 g/mol. The lowest BCUT2D eigenvalue weighted by Gasteiger charge is -2.23. The maximum atomic E-state index is 8.66. The molecule has 1 saturated carbocycles. The smallest absolute Gasteiger partial charge is 0.150 e. The van der Waals surface area contributed by atoms with Gasteiger partial charge in [-0.3, -0.25) is 0 Å². The van der Waals surface area contributed by atoms with Gasteiger partial charge >= 0.3 is 0 Å². The van der Waals surface area contributed by atoms with E-state index >= 15 is 0 Å². The second-order valence-electron chi connectivity index (χ2n) is 3.99. The summed E-state index contributed by atoms with van der Waals surface area (Å²) in [4.78, 5) is 6.26. The lowest BCUT2D eigenvalue weighted by Crippen LogP contribution is -2.28. The van der Waals surface area contributed by atoms with Crippen LogP contribution in [-0.2, 0) is 0 Å². The summed E-state index contributed by atoms with van der Waals surface area (Å²) in [6.45, 7) is 0.620. The highest BCUT2D eigenvalue weighted by Crippen LogP contribution is 2.36. The van der Waals surface area contributed by atoms with Crippen molar-refractivity contribution < 1.29 is 0 Å². The summed E-state index contributed by atoms with van der Waals surface area (Å²) < 4.78 is 0. The van der Waals surface area contributed by atoms with Crippen LogP contribution < -0.4 is 10.6 Å². The Morgan fingerprint density at radius 3 is 2.76 bits per heavy atom. The first-order valence-corrected chi connectivity index (χ1v) is 6.14. The number of anilines is 2. The molecule has 17 heavy (non-hydrogen) atoms. The van der Waals surface area contributed by atoms with Gasteiger partial charge in [0.25, 0.3) is 0 Å². The minimum absolute atomic E-state index is 0.272. The largest absolute Gasteiger partial charge is 0.382 e. The Balaban J connectivity index is 2.29. The van der Waals surface area contributed by atoms with Gasteiger partial charge in [0.2, 0.25) is 0 Å². The molecule has 0 bridgehead atoms. The molecule has 6 heteroatoms. The van der Waals surface area contributed by atoms with Crippen LogP contribution in [0, 0.1) is 11.3 Å². The van der Waals surface area contributed by atoms with Gasteiger partial charge in [-0.25, -0.2) is 4.98 Å². The SMILES string of the molecule is N#CCCN(c1nc(N)c(Cl)cc1Cl)C1CC1. The van der Waals surface area contributed by atoms with Gasteiger partial charge in [0.05, 0.1) is 22.5 Å². The number of rotatable bonds is 4. The van der Waals surface area contributed by atoms with Crippen molar-refractivity contribution >= 4 is 34.8 Å². The van der Waals surface area contributed by atoms with Crippen molar-refractivity contribution in [2.75, 3.05) is 17.2 Å². The van der Waals surface area contributed by atoms with Gasteiger partial charge in [-0.15, -0.1) is 0 Å². The predicted molar refractivity (Wildman–Crippen MR) is 69.3 cm³/mol. The number of nitriles is 1. The normalized spacial score (nSPS) is 14.4. The average Bonchev–Trinajstić information content (AvgIpc) is 3.10. The monoisotopic (exact) mass is 270 g/mol. The third-order valence-electron chi connectivity index (χ3n) is 2.66. The van der Waals surface area contributed by atoms with E-state index in [1.807, 2.05) is 4.90 Å². The Bertz CT molecular complexity index is 465. The lowest BCUT2D eigenvalue weighted by molar-refractivity contribution is 0.779. The molecule has 0 aliphatic heterocycles. The zero-order valence-corrected chi connectivity index (χ0v) is 10.7. The summed E-state index contributed by atoms with van der Waals surface area (Å²) in [7, 11) is 0. The van der Waals surface area contributed by atoms with E-state index in [4.69, 9.17) is 34.2 Å². The van der Waals surface area contributed by atoms with E-state index in [0.29, 0.717) is 34.9 Å². The molecule has 0 amide bonds. The molecule has 0 aromatic carbocycles. The first-order chi connectivity index (χ1) is 8.13.